The standard InChI is InChI=1S/C24H21FN2O3/c1-14-8-9-22(21(25)10-14)26-24(28)19-11-17-6-4-5-7-18(17)12-23(19)29-13-20-15(2)27-30-16(20)3/h4-12H,13H2,1-3H3,(H,26,28). The van der Waals surface area contributed by atoms with Gasteiger partial charge in [-0.25, -0.2) is 4.39 Å². The number of benzene rings is 3. The van der Waals surface area contributed by atoms with Crippen molar-refractivity contribution in [2.75, 3.05) is 5.32 Å². The second-order valence-corrected chi connectivity index (χ2v) is 7.22. The van der Waals surface area contributed by atoms with Crippen molar-refractivity contribution in [3.05, 3.63) is 88.6 Å². The molecule has 0 radical (unpaired) electrons. The molecule has 1 aromatic heterocycles. The van der Waals surface area contributed by atoms with E-state index in [1.807, 2.05) is 44.2 Å². The molecule has 0 spiro atoms. The minimum atomic E-state index is -0.484. The van der Waals surface area contributed by atoms with Crippen molar-refractivity contribution >= 4 is 22.4 Å². The Morgan fingerprint density at radius 2 is 1.80 bits per heavy atom. The van der Waals surface area contributed by atoms with E-state index < -0.39 is 11.7 Å². The highest BCUT2D eigenvalue weighted by Crippen LogP contribution is 2.29. The summed E-state index contributed by atoms with van der Waals surface area (Å²) in [5, 5.41) is 8.40. The van der Waals surface area contributed by atoms with Gasteiger partial charge in [-0.3, -0.25) is 4.79 Å². The van der Waals surface area contributed by atoms with Crippen LogP contribution in [0.25, 0.3) is 10.8 Å². The number of aryl methyl sites for hydroxylation is 3. The van der Waals surface area contributed by atoms with Gasteiger partial charge in [0, 0.05) is 0 Å². The molecule has 152 valence electrons. The fraction of sp³-hybridized carbons (Fsp3) is 0.167. The molecule has 4 aromatic rings. The summed E-state index contributed by atoms with van der Waals surface area (Å²) in [5.41, 5.74) is 2.79. The molecule has 0 aliphatic rings. The Morgan fingerprint density at radius 1 is 1.07 bits per heavy atom. The highest BCUT2D eigenvalue weighted by atomic mass is 19.1. The molecule has 0 aliphatic heterocycles. The Hall–Kier alpha value is -3.67. The van der Waals surface area contributed by atoms with Crippen molar-refractivity contribution in [3.8, 4) is 5.75 Å². The van der Waals surface area contributed by atoms with Gasteiger partial charge in [0.15, 0.2) is 0 Å². The number of ether oxygens (including phenoxy) is 1. The number of hydrogen-bond donors (Lipinski definition) is 1. The van der Waals surface area contributed by atoms with E-state index in [0.717, 1.165) is 27.6 Å². The van der Waals surface area contributed by atoms with Gasteiger partial charge in [-0.2, -0.15) is 0 Å². The van der Waals surface area contributed by atoms with Gasteiger partial charge >= 0.3 is 0 Å². The zero-order chi connectivity index (χ0) is 21.3. The summed E-state index contributed by atoms with van der Waals surface area (Å²) in [6.07, 6.45) is 0. The average Bonchev–Trinajstić information content (AvgIpc) is 3.05. The number of fused-ring (bicyclic) bond motifs is 1. The summed E-state index contributed by atoms with van der Waals surface area (Å²) in [6, 6.07) is 15.9. The van der Waals surface area contributed by atoms with E-state index in [9.17, 15) is 9.18 Å². The molecule has 3 aromatic carbocycles. The second-order valence-electron chi connectivity index (χ2n) is 7.22. The Balaban J connectivity index is 1.69. The van der Waals surface area contributed by atoms with E-state index in [1.54, 1.807) is 25.1 Å². The van der Waals surface area contributed by atoms with Crippen molar-refractivity contribution in [1.82, 2.24) is 5.16 Å². The van der Waals surface area contributed by atoms with Crippen LogP contribution in [0.4, 0.5) is 10.1 Å². The average molecular weight is 404 g/mol. The number of nitrogens with zero attached hydrogens (tertiary/aromatic N) is 1. The molecule has 0 bridgehead atoms. The van der Waals surface area contributed by atoms with E-state index >= 15 is 0 Å². The Labute approximate surface area is 173 Å². The predicted molar refractivity (Wildman–Crippen MR) is 113 cm³/mol. The highest BCUT2D eigenvalue weighted by molar-refractivity contribution is 6.08. The number of anilines is 1. The normalized spacial score (nSPS) is 10.9. The summed E-state index contributed by atoms with van der Waals surface area (Å²) in [4.78, 5) is 13.0. The minimum absolute atomic E-state index is 0.121. The number of carbonyl (C=O) groups excluding carboxylic acids is 1. The molecule has 1 heterocycles. The molecule has 0 saturated carbocycles. The van der Waals surface area contributed by atoms with Gasteiger partial charge < -0.3 is 14.6 Å². The van der Waals surface area contributed by atoms with Gasteiger partial charge in [0.05, 0.1) is 22.5 Å². The van der Waals surface area contributed by atoms with Gasteiger partial charge in [0.2, 0.25) is 0 Å². The maximum absolute atomic E-state index is 14.2. The molecule has 0 saturated heterocycles. The summed E-state index contributed by atoms with van der Waals surface area (Å²) in [6.45, 7) is 5.65. The molecule has 0 fully saturated rings. The molecule has 0 unspecified atom stereocenters. The van der Waals surface area contributed by atoms with Crippen LogP contribution in [-0.4, -0.2) is 11.1 Å². The van der Waals surface area contributed by atoms with Crippen LogP contribution in [0.2, 0.25) is 0 Å². The van der Waals surface area contributed by atoms with Crippen molar-refractivity contribution in [2.45, 2.75) is 27.4 Å². The fourth-order valence-electron chi connectivity index (χ4n) is 3.29. The summed E-state index contributed by atoms with van der Waals surface area (Å²) in [5.74, 6) is 0.138. The largest absolute Gasteiger partial charge is 0.488 e. The molecule has 4 rings (SSSR count). The molecule has 0 aliphatic carbocycles. The van der Waals surface area contributed by atoms with Gasteiger partial charge in [0.25, 0.3) is 5.91 Å². The maximum atomic E-state index is 14.2. The zero-order valence-corrected chi connectivity index (χ0v) is 17.0. The molecule has 30 heavy (non-hydrogen) atoms. The van der Waals surface area contributed by atoms with Crippen molar-refractivity contribution in [2.24, 2.45) is 0 Å². The number of carbonyl (C=O) groups is 1. The Bertz CT molecular complexity index is 1230. The first kappa shape index (κ1) is 19.6. The van der Waals surface area contributed by atoms with Gasteiger partial charge in [0.1, 0.15) is 23.9 Å². The van der Waals surface area contributed by atoms with Crippen molar-refractivity contribution in [3.63, 3.8) is 0 Å². The topological polar surface area (TPSA) is 64.4 Å². The summed E-state index contributed by atoms with van der Waals surface area (Å²) < 4.78 is 25.4. The van der Waals surface area contributed by atoms with E-state index in [-0.39, 0.29) is 12.3 Å². The number of aromatic nitrogens is 1. The number of rotatable bonds is 5. The van der Waals surface area contributed by atoms with Crippen LogP contribution >= 0.6 is 0 Å². The molecule has 1 N–H and O–H groups in total. The van der Waals surface area contributed by atoms with E-state index in [0.29, 0.717) is 17.1 Å². The number of amides is 1. The predicted octanol–water partition coefficient (Wildman–Crippen LogP) is 5.72. The molecule has 0 atom stereocenters. The second kappa shape index (κ2) is 7.99. The SMILES string of the molecule is Cc1ccc(NC(=O)c2cc3ccccc3cc2OCc2c(C)noc2C)c(F)c1. The fourth-order valence-corrected chi connectivity index (χ4v) is 3.29. The van der Waals surface area contributed by atoms with Crippen molar-refractivity contribution < 1.29 is 18.4 Å². The van der Waals surface area contributed by atoms with Crippen molar-refractivity contribution in [1.29, 1.82) is 0 Å². The van der Waals surface area contributed by atoms with Gasteiger partial charge in [-0.05, 0) is 61.4 Å². The minimum Gasteiger partial charge on any atom is -0.488 e. The monoisotopic (exact) mass is 404 g/mol. The van der Waals surface area contributed by atoms with E-state index in [4.69, 9.17) is 9.26 Å². The lowest BCUT2D eigenvalue weighted by molar-refractivity contribution is 0.102. The number of nitrogens with one attached hydrogen (secondary N) is 1. The van der Waals surface area contributed by atoms with E-state index in [2.05, 4.69) is 10.5 Å². The molecule has 6 heteroatoms. The van der Waals surface area contributed by atoms with Crippen LogP contribution in [0.3, 0.4) is 0 Å². The zero-order valence-electron chi connectivity index (χ0n) is 17.0. The third kappa shape index (κ3) is 3.89. The van der Waals surface area contributed by atoms with Crippen LogP contribution < -0.4 is 10.1 Å². The molecule has 1 amide bonds. The number of hydrogen-bond acceptors (Lipinski definition) is 4. The first-order chi connectivity index (χ1) is 14.4. The maximum Gasteiger partial charge on any atom is 0.259 e. The van der Waals surface area contributed by atoms with Gasteiger partial charge in [-0.15, -0.1) is 0 Å². The van der Waals surface area contributed by atoms with Crippen LogP contribution in [0.15, 0.2) is 59.1 Å². The Morgan fingerprint density at radius 3 is 2.47 bits per heavy atom. The van der Waals surface area contributed by atoms with Crippen LogP contribution in [0.1, 0.15) is 32.9 Å². The smallest absolute Gasteiger partial charge is 0.259 e. The summed E-state index contributed by atoms with van der Waals surface area (Å²) in [7, 11) is 0. The van der Waals surface area contributed by atoms with Crippen LogP contribution in [-0.2, 0) is 6.61 Å². The molecule has 5 nitrogen and oxygen atoms in total. The van der Waals surface area contributed by atoms with Crippen LogP contribution in [0.5, 0.6) is 5.75 Å². The number of halogens is 1. The van der Waals surface area contributed by atoms with Gasteiger partial charge in [-0.1, -0.05) is 35.5 Å². The lowest BCUT2D eigenvalue weighted by Gasteiger charge is -2.14. The van der Waals surface area contributed by atoms with Crippen LogP contribution in [0, 0.1) is 26.6 Å². The lowest BCUT2D eigenvalue weighted by atomic mass is 10.0. The Kier molecular flexibility index (Phi) is 5.23. The first-order valence-corrected chi connectivity index (χ1v) is 9.57. The highest BCUT2D eigenvalue weighted by Gasteiger charge is 2.18. The lowest BCUT2D eigenvalue weighted by Crippen LogP contribution is -2.15. The quantitative estimate of drug-likeness (QED) is 0.462. The first-order valence-electron chi connectivity index (χ1n) is 9.57. The third-order valence-corrected chi connectivity index (χ3v) is 5.02. The molecular formula is C24H21FN2O3. The summed E-state index contributed by atoms with van der Waals surface area (Å²) >= 11 is 0. The van der Waals surface area contributed by atoms with E-state index in [1.165, 1.54) is 6.07 Å². The third-order valence-electron chi connectivity index (χ3n) is 5.02. The molecular weight excluding hydrogens is 383 g/mol.